The molecule has 6 nitrogen and oxygen atoms in total. The van der Waals surface area contributed by atoms with Gasteiger partial charge in [-0.05, 0) is 50.3 Å². The van der Waals surface area contributed by atoms with Gasteiger partial charge >= 0.3 is 6.09 Å². The van der Waals surface area contributed by atoms with Gasteiger partial charge in [-0.3, -0.25) is 4.79 Å². The first-order valence-electron chi connectivity index (χ1n) is 9.57. The van der Waals surface area contributed by atoms with Crippen molar-refractivity contribution in [2.24, 2.45) is 5.41 Å². The molecule has 1 saturated carbocycles. The van der Waals surface area contributed by atoms with E-state index in [-0.39, 0.29) is 17.8 Å². The average Bonchev–Trinajstić information content (AvgIpc) is 3.29. The lowest BCUT2D eigenvalue weighted by atomic mass is 9.73. The Hall–Kier alpha value is -2.24. The number of ketones is 1. The van der Waals surface area contributed by atoms with Crippen LogP contribution in [0, 0.1) is 5.41 Å². The summed E-state index contributed by atoms with van der Waals surface area (Å²) in [7, 11) is 2.99. The molecule has 1 aromatic carbocycles. The van der Waals surface area contributed by atoms with Gasteiger partial charge in [0.25, 0.3) is 0 Å². The SMILES string of the molecule is COC(=O)N1C[C@H](c2ccc(OC)c(OC3CCCC3)c2)[C@](C)(C(C)=O)C1. The summed E-state index contributed by atoms with van der Waals surface area (Å²) < 4.78 is 16.6. The highest BCUT2D eigenvalue weighted by Gasteiger charge is 2.49. The van der Waals surface area contributed by atoms with Gasteiger partial charge in [-0.2, -0.15) is 0 Å². The third-order valence-electron chi connectivity index (χ3n) is 6.11. The lowest BCUT2D eigenvalue weighted by molar-refractivity contribution is -0.125. The highest BCUT2D eigenvalue weighted by Crippen LogP contribution is 2.45. The second-order valence-electron chi connectivity index (χ2n) is 7.81. The van der Waals surface area contributed by atoms with Crippen molar-refractivity contribution in [2.45, 2.75) is 51.6 Å². The zero-order valence-electron chi connectivity index (χ0n) is 16.6. The lowest BCUT2D eigenvalue weighted by Crippen LogP contribution is -2.35. The Morgan fingerprint density at radius 1 is 1.15 bits per heavy atom. The number of ether oxygens (including phenoxy) is 3. The van der Waals surface area contributed by atoms with E-state index in [1.807, 2.05) is 25.1 Å². The number of nitrogens with zero attached hydrogens (tertiary/aromatic N) is 1. The summed E-state index contributed by atoms with van der Waals surface area (Å²) in [6.45, 7) is 4.31. The molecule has 0 N–H and O–H groups in total. The van der Waals surface area contributed by atoms with Gasteiger partial charge in [-0.1, -0.05) is 13.0 Å². The summed E-state index contributed by atoms with van der Waals surface area (Å²) in [5, 5.41) is 0. The topological polar surface area (TPSA) is 65.1 Å². The minimum Gasteiger partial charge on any atom is -0.493 e. The van der Waals surface area contributed by atoms with Gasteiger partial charge in [0.15, 0.2) is 11.5 Å². The zero-order valence-corrected chi connectivity index (χ0v) is 16.6. The Morgan fingerprint density at radius 2 is 1.85 bits per heavy atom. The van der Waals surface area contributed by atoms with Crippen LogP contribution in [0.4, 0.5) is 4.79 Å². The molecular formula is C21H29NO5. The van der Waals surface area contributed by atoms with Crippen molar-refractivity contribution < 1.29 is 23.8 Å². The van der Waals surface area contributed by atoms with Gasteiger partial charge in [-0.25, -0.2) is 4.79 Å². The Balaban J connectivity index is 1.92. The molecule has 1 aliphatic heterocycles. The van der Waals surface area contributed by atoms with Crippen LogP contribution in [0.2, 0.25) is 0 Å². The molecule has 0 unspecified atom stereocenters. The van der Waals surface area contributed by atoms with E-state index in [0.29, 0.717) is 24.6 Å². The predicted octanol–water partition coefficient (Wildman–Crippen LogP) is 3.78. The summed E-state index contributed by atoms with van der Waals surface area (Å²) in [4.78, 5) is 26.1. The van der Waals surface area contributed by atoms with E-state index in [2.05, 4.69) is 0 Å². The first-order chi connectivity index (χ1) is 12.9. The van der Waals surface area contributed by atoms with Gasteiger partial charge in [0.2, 0.25) is 0 Å². The predicted molar refractivity (Wildman–Crippen MR) is 101 cm³/mol. The second kappa shape index (κ2) is 7.79. The van der Waals surface area contributed by atoms with Crippen LogP contribution in [0.25, 0.3) is 0 Å². The Morgan fingerprint density at radius 3 is 2.44 bits per heavy atom. The van der Waals surface area contributed by atoms with Crippen molar-refractivity contribution in [3.8, 4) is 11.5 Å². The fourth-order valence-corrected chi connectivity index (χ4v) is 4.28. The van der Waals surface area contributed by atoms with Crippen molar-refractivity contribution in [2.75, 3.05) is 27.3 Å². The summed E-state index contributed by atoms with van der Waals surface area (Å²) in [6.07, 6.45) is 4.29. The first-order valence-corrected chi connectivity index (χ1v) is 9.57. The quantitative estimate of drug-likeness (QED) is 0.784. The van der Waals surface area contributed by atoms with Crippen molar-refractivity contribution in [3.05, 3.63) is 23.8 Å². The van der Waals surface area contributed by atoms with E-state index < -0.39 is 11.5 Å². The number of rotatable bonds is 5. The van der Waals surface area contributed by atoms with Crippen LogP contribution >= 0.6 is 0 Å². The van der Waals surface area contributed by atoms with Crippen molar-refractivity contribution in [1.82, 2.24) is 4.90 Å². The maximum atomic E-state index is 12.5. The van der Waals surface area contributed by atoms with Crippen LogP contribution in [-0.2, 0) is 9.53 Å². The Kier molecular flexibility index (Phi) is 5.63. The van der Waals surface area contributed by atoms with Gasteiger partial charge in [-0.15, -0.1) is 0 Å². The van der Waals surface area contributed by atoms with Crippen LogP contribution < -0.4 is 9.47 Å². The molecule has 6 heteroatoms. The molecule has 1 amide bonds. The fourth-order valence-electron chi connectivity index (χ4n) is 4.28. The molecule has 1 saturated heterocycles. The number of likely N-dealkylation sites (tertiary alicyclic amines) is 1. The molecule has 2 fully saturated rings. The number of methoxy groups -OCH3 is 2. The molecule has 27 heavy (non-hydrogen) atoms. The third kappa shape index (κ3) is 3.75. The number of benzene rings is 1. The maximum Gasteiger partial charge on any atom is 0.409 e. The number of hydrogen-bond donors (Lipinski definition) is 0. The lowest BCUT2D eigenvalue weighted by Gasteiger charge is -2.28. The van der Waals surface area contributed by atoms with Gasteiger partial charge in [0.1, 0.15) is 5.78 Å². The highest BCUT2D eigenvalue weighted by atomic mass is 16.5. The van der Waals surface area contributed by atoms with Crippen LogP contribution in [0.5, 0.6) is 11.5 Å². The van der Waals surface area contributed by atoms with Gasteiger partial charge < -0.3 is 19.1 Å². The van der Waals surface area contributed by atoms with Gasteiger partial charge in [0, 0.05) is 19.0 Å². The minimum absolute atomic E-state index is 0.0629. The van der Waals surface area contributed by atoms with Gasteiger partial charge in [0.05, 0.1) is 25.7 Å². The second-order valence-corrected chi connectivity index (χ2v) is 7.81. The van der Waals surface area contributed by atoms with Crippen molar-refractivity contribution in [3.63, 3.8) is 0 Å². The number of amides is 1. The number of carbonyl (C=O) groups excluding carboxylic acids is 2. The Labute approximate surface area is 160 Å². The van der Waals surface area contributed by atoms with Crippen LogP contribution in [0.15, 0.2) is 18.2 Å². The molecule has 2 aliphatic rings. The normalized spacial score (nSPS) is 25.5. The first kappa shape index (κ1) is 19.5. The molecule has 1 aliphatic carbocycles. The van der Waals surface area contributed by atoms with E-state index in [9.17, 15) is 9.59 Å². The Bertz CT molecular complexity index is 713. The molecule has 1 aromatic rings. The zero-order chi connectivity index (χ0) is 19.6. The summed E-state index contributed by atoms with van der Waals surface area (Å²) in [5.41, 5.74) is 0.320. The van der Waals surface area contributed by atoms with Crippen LogP contribution in [0.3, 0.4) is 0 Å². The van der Waals surface area contributed by atoms with E-state index in [4.69, 9.17) is 14.2 Å². The van der Waals surface area contributed by atoms with E-state index in [1.165, 1.54) is 20.0 Å². The largest absolute Gasteiger partial charge is 0.493 e. The molecule has 3 rings (SSSR count). The molecule has 0 radical (unpaired) electrons. The molecule has 148 valence electrons. The summed E-state index contributed by atoms with van der Waals surface area (Å²) in [6, 6.07) is 5.83. The van der Waals surface area contributed by atoms with E-state index in [1.54, 1.807) is 18.9 Å². The van der Waals surface area contributed by atoms with E-state index in [0.717, 1.165) is 18.4 Å². The number of hydrogen-bond acceptors (Lipinski definition) is 5. The van der Waals surface area contributed by atoms with Crippen LogP contribution in [-0.4, -0.2) is 50.2 Å². The fraction of sp³-hybridized carbons (Fsp3) is 0.619. The third-order valence-corrected chi connectivity index (χ3v) is 6.11. The summed E-state index contributed by atoms with van der Waals surface area (Å²) in [5.74, 6) is 1.35. The standard InChI is InChI=1S/C21H29NO5/c1-14(23)21(2)13-22(20(24)26-4)12-17(21)15-9-10-18(25-3)19(11-15)27-16-7-5-6-8-16/h9-11,16-17H,5-8,12-13H2,1-4H3/t17-,21+/m1/s1. The van der Waals surface area contributed by atoms with Crippen molar-refractivity contribution >= 4 is 11.9 Å². The molecule has 0 spiro atoms. The summed E-state index contributed by atoms with van der Waals surface area (Å²) >= 11 is 0. The molecule has 0 aromatic heterocycles. The molecular weight excluding hydrogens is 346 g/mol. The maximum absolute atomic E-state index is 12.5. The highest BCUT2D eigenvalue weighted by molar-refractivity contribution is 5.85. The minimum atomic E-state index is -0.659. The molecule has 1 heterocycles. The monoisotopic (exact) mass is 375 g/mol. The molecule has 2 atom stereocenters. The molecule has 0 bridgehead atoms. The van der Waals surface area contributed by atoms with E-state index >= 15 is 0 Å². The smallest absolute Gasteiger partial charge is 0.409 e. The number of carbonyl (C=O) groups is 2. The number of Topliss-reactive ketones (excluding diaryl/α,β-unsaturated/α-hetero) is 1. The average molecular weight is 375 g/mol. The van der Waals surface area contributed by atoms with Crippen LogP contribution in [0.1, 0.15) is 51.0 Å². The van der Waals surface area contributed by atoms with Crippen molar-refractivity contribution in [1.29, 1.82) is 0 Å².